The van der Waals surface area contributed by atoms with E-state index in [0.717, 1.165) is 0 Å². The number of rotatable bonds is 4. The van der Waals surface area contributed by atoms with E-state index in [1.807, 2.05) is 0 Å². The summed E-state index contributed by atoms with van der Waals surface area (Å²) in [5.74, 6) is -0.650. The third-order valence-corrected chi connectivity index (χ3v) is 4.59. The van der Waals surface area contributed by atoms with Crippen LogP contribution in [0.2, 0.25) is 10.0 Å². The first kappa shape index (κ1) is 16.6. The third kappa shape index (κ3) is 3.71. The largest absolute Gasteiger partial charge is 0.465 e. The summed E-state index contributed by atoms with van der Waals surface area (Å²) in [6.07, 6.45) is 0. The molecule has 0 saturated heterocycles. The molecule has 2 aromatic rings. The number of esters is 1. The topological polar surface area (TPSA) is 69.7 Å². The quantitative estimate of drug-likeness (QED) is 0.615. The molecule has 116 valence electrons. The molecular weight excluding hydrogens is 351 g/mol. The molecule has 2 aromatic carbocycles. The zero-order valence-electron chi connectivity index (χ0n) is 11.2. The van der Waals surface area contributed by atoms with Crippen molar-refractivity contribution in [2.45, 2.75) is 4.90 Å². The number of benzene rings is 2. The zero-order valence-corrected chi connectivity index (χ0v) is 13.6. The molecule has 0 aliphatic rings. The van der Waals surface area contributed by atoms with Gasteiger partial charge in [0.15, 0.2) is 0 Å². The van der Waals surface area contributed by atoms with Crippen molar-refractivity contribution in [2.24, 2.45) is 0 Å². The zero-order chi connectivity index (χ0) is 16.3. The van der Waals surface area contributed by atoms with Gasteiger partial charge in [0, 0.05) is 5.02 Å². The predicted molar refractivity (Wildman–Crippen MR) is 82.1 cm³/mol. The van der Waals surface area contributed by atoms with E-state index in [1.165, 1.54) is 49.6 Å². The lowest BCUT2D eigenvalue weighted by Crippen LogP contribution is -2.11. The molecule has 0 N–H and O–H groups in total. The van der Waals surface area contributed by atoms with Gasteiger partial charge >= 0.3 is 16.1 Å². The van der Waals surface area contributed by atoms with Crippen LogP contribution in [0.25, 0.3) is 0 Å². The van der Waals surface area contributed by atoms with Crippen molar-refractivity contribution >= 4 is 39.3 Å². The number of carbonyl (C=O) groups is 1. The Morgan fingerprint density at radius 2 is 1.82 bits per heavy atom. The van der Waals surface area contributed by atoms with Gasteiger partial charge in [-0.05, 0) is 36.4 Å². The Morgan fingerprint density at radius 3 is 2.50 bits per heavy atom. The number of hydrogen-bond donors (Lipinski definition) is 0. The van der Waals surface area contributed by atoms with Crippen LogP contribution in [0, 0.1) is 0 Å². The average Bonchev–Trinajstić information content (AvgIpc) is 2.48. The second-order valence-corrected chi connectivity index (χ2v) is 6.49. The van der Waals surface area contributed by atoms with Crippen LogP contribution < -0.4 is 4.18 Å². The van der Waals surface area contributed by atoms with Crippen molar-refractivity contribution in [3.8, 4) is 5.75 Å². The van der Waals surface area contributed by atoms with Gasteiger partial charge in [-0.2, -0.15) is 8.42 Å². The van der Waals surface area contributed by atoms with Gasteiger partial charge in [0.05, 0.1) is 17.7 Å². The lowest BCUT2D eigenvalue weighted by molar-refractivity contribution is 0.0600. The Labute approximate surface area is 137 Å². The van der Waals surface area contributed by atoms with Crippen molar-refractivity contribution in [3.63, 3.8) is 0 Å². The minimum atomic E-state index is -4.18. The number of methoxy groups -OCH3 is 1. The molecule has 5 nitrogen and oxygen atoms in total. The summed E-state index contributed by atoms with van der Waals surface area (Å²) >= 11 is 11.6. The molecule has 22 heavy (non-hydrogen) atoms. The minimum Gasteiger partial charge on any atom is -0.465 e. The maximum absolute atomic E-state index is 12.2. The smallest absolute Gasteiger partial charge is 0.340 e. The highest BCUT2D eigenvalue weighted by atomic mass is 35.5. The molecule has 0 unspecified atom stereocenters. The van der Waals surface area contributed by atoms with Crippen molar-refractivity contribution < 1.29 is 22.1 Å². The van der Waals surface area contributed by atoms with Crippen molar-refractivity contribution in [1.82, 2.24) is 0 Å². The van der Waals surface area contributed by atoms with Gasteiger partial charge in [-0.25, -0.2) is 4.79 Å². The summed E-state index contributed by atoms with van der Waals surface area (Å²) < 4.78 is 34.0. The van der Waals surface area contributed by atoms with Gasteiger partial charge in [-0.3, -0.25) is 0 Å². The van der Waals surface area contributed by atoms with E-state index in [2.05, 4.69) is 4.74 Å². The molecule has 0 saturated carbocycles. The molecule has 0 aliphatic carbocycles. The lowest BCUT2D eigenvalue weighted by atomic mass is 10.2. The Hall–Kier alpha value is -1.76. The van der Waals surface area contributed by atoms with E-state index in [9.17, 15) is 13.2 Å². The highest BCUT2D eigenvalue weighted by molar-refractivity contribution is 7.87. The molecule has 0 amide bonds. The summed E-state index contributed by atoms with van der Waals surface area (Å²) in [5, 5.41) is 0.184. The second-order valence-electron chi connectivity index (χ2n) is 4.13. The van der Waals surface area contributed by atoms with Crippen LogP contribution in [0.4, 0.5) is 0 Å². The van der Waals surface area contributed by atoms with Crippen molar-refractivity contribution in [2.75, 3.05) is 7.11 Å². The fourth-order valence-electron chi connectivity index (χ4n) is 1.63. The molecule has 0 fully saturated rings. The first-order valence-electron chi connectivity index (χ1n) is 5.91. The van der Waals surface area contributed by atoms with Gasteiger partial charge in [-0.1, -0.05) is 29.3 Å². The summed E-state index contributed by atoms with van der Waals surface area (Å²) in [5.41, 5.74) is 0.160. The fourth-order valence-corrected chi connectivity index (χ4v) is 3.30. The van der Waals surface area contributed by atoms with Crippen LogP contribution in [0.5, 0.6) is 5.75 Å². The monoisotopic (exact) mass is 360 g/mol. The minimum absolute atomic E-state index is 0.0199. The SMILES string of the molecule is COC(=O)c1cccc(OS(=O)(=O)c2cc(Cl)ccc2Cl)c1. The number of hydrogen-bond acceptors (Lipinski definition) is 5. The van der Waals surface area contributed by atoms with Gasteiger partial charge < -0.3 is 8.92 Å². The Bertz CT molecular complexity index is 818. The van der Waals surface area contributed by atoms with Gasteiger partial charge in [-0.15, -0.1) is 0 Å². The van der Waals surface area contributed by atoms with Crippen molar-refractivity contribution in [3.05, 3.63) is 58.1 Å². The second kappa shape index (κ2) is 6.56. The maximum atomic E-state index is 12.2. The van der Waals surface area contributed by atoms with E-state index in [0.29, 0.717) is 0 Å². The summed E-state index contributed by atoms with van der Waals surface area (Å²) in [7, 11) is -2.96. The first-order chi connectivity index (χ1) is 10.3. The molecule has 0 aromatic heterocycles. The molecule has 0 heterocycles. The molecule has 0 bridgehead atoms. The summed E-state index contributed by atoms with van der Waals surface area (Å²) in [4.78, 5) is 11.2. The standard InChI is InChI=1S/C14H10Cl2O5S/c1-20-14(17)9-3-2-4-11(7-9)21-22(18,19)13-8-10(15)5-6-12(13)16/h2-8H,1H3. The summed E-state index contributed by atoms with van der Waals surface area (Å²) in [6, 6.07) is 9.58. The third-order valence-electron chi connectivity index (χ3n) is 2.62. The maximum Gasteiger partial charge on any atom is 0.340 e. The Kier molecular flexibility index (Phi) is 4.95. The van der Waals surface area contributed by atoms with Crippen LogP contribution in [0.15, 0.2) is 47.4 Å². The Morgan fingerprint density at radius 1 is 1.09 bits per heavy atom. The van der Waals surface area contributed by atoms with Crippen LogP contribution >= 0.6 is 23.2 Å². The van der Waals surface area contributed by atoms with E-state index < -0.39 is 16.1 Å². The van der Waals surface area contributed by atoms with Crippen molar-refractivity contribution in [1.29, 1.82) is 0 Å². The van der Waals surface area contributed by atoms with Crippen LogP contribution in [0.1, 0.15) is 10.4 Å². The van der Waals surface area contributed by atoms with E-state index in [4.69, 9.17) is 27.4 Å². The molecule has 0 spiro atoms. The molecule has 0 aliphatic heterocycles. The molecular formula is C14H10Cl2O5S. The van der Waals surface area contributed by atoms with Gasteiger partial charge in [0.2, 0.25) is 0 Å². The van der Waals surface area contributed by atoms with E-state index in [1.54, 1.807) is 0 Å². The Balaban J connectivity index is 2.37. The molecule has 0 radical (unpaired) electrons. The molecule has 8 heteroatoms. The van der Waals surface area contributed by atoms with Gasteiger partial charge in [0.25, 0.3) is 0 Å². The van der Waals surface area contributed by atoms with Gasteiger partial charge in [0.1, 0.15) is 10.6 Å². The predicted octanol–water partition coefficient (Wildman–Crippen LogP) is 3.55. The van der Waals surface area contributed by atoms with E-state index >= 15 is 0 Å². The number of ether oxygens (including phenoxy) is 1. The van der Waals surface area contributed by atoms with Crippen LogP contribution in [-0.4, -0.2) is 21.5 Å². The highest BCUT2D eigenvalue weighted by Crippen LogP contribution is 2.28. The van der Waals surface area contributed by atoms with Crippen LogP contribution in [-0.2, 0) is 14.9 Å². The number of halogens is 2. The molecule has 2 rings (SSSR count). The first-order valence-corrected chi connectivity index (χ1v) is 8.08. The van der Waals surface area contributed by atoms with Crippen LogP contribution in [0.3, 0.4) is 0 Å². The molecule has 0 atom stereocenters. The highest BCUT2D eigenvalue weighted by Gasteiger charge is 2.21. The van der Waals surface area contributed by atoms with E-state index in [-0.39, 0.29) is 26.3 Å². The lowest BCUT2D eigenvalue weighted by Gasteiger charge is -2.09. The fraction of sp³-hybridized carbons (Fsp3) is 0.0714. The number of carbonyl (C=O) groups excluding carboxylic acids is 1. The normalized spacial score (nSPS) is 11.0. The average molecular weight is 361 g/mol. The summed E-state index contributed by atoms with van der Waals surface area (Å²) in [6.45, 7) is 0.